The molecule has 0 fully saturated rings. The SMILES string of the molecule is C/C=C\c1ccc(C(N)(I)I)cc1C. The van der Waals surface area contributed by atoms with Crippen LogP contribution in [0.15, 0.2) is 24.3 Å². The van der Waals surface area contributed by atoms with Crippen LogP contribution in [0, 0.1) is 6.92 Å². The van der Waals surface area contributed by atoms with E-state index in [9.17, 15) is 0 Å². The van der Waals surface area contributed by atoms with Crippen molar-refractivity contribution in [1.29, 1.82) is 0 Å². The van der Waals surface area contributed by atoms with E-state index >= 15 is 0 Å². The van der Waals surface area contributed by atoms with Crippen LogP contribution in [-0.4, -0.2) is 0 Å². The quantitative estimate of drug-likeness (QED) is 0.444. The highest BCUT2D eigenvalue weighted by Gasteiger charge is 2.18. The zero-order valence-electron chi connectivity index (χ0n) is 8.22. The number of benzene rings is 1. The van der Waals surface area contributed by atoms with E-state index in [4.69, 9.17) is 5.73 Å². The average molecular weight is 413 g/mol. The van der Waals surface area contributed by atoms with Gasteiger partial charge in [-0.15, -0.1) is 0 Å². The van der Waals surface area contributed by atoms with Crippen molar-refractivity contribution >= 4 is 51.3 Å². The molecule has 2 N–H and O–H groups in total. The van der Waals surface area contributed by atoms with Gasteiger partial charge in [-0.25, -0.2) is 0 Å². The lowest BCUT2D eigenvalue weighted by Gasteiger charge is -2.16. The van der Waals surface area contributed by atoms with Crippen LogP contribution in [0.1, 0.15) is 23.6 Å². The fraction of sp³-hybridized carbons (Fsp3) is 0.273. The first-order valence-corrected chi connectivity index (χ1v) is 6.51. The van der Waals surface area contributed by atoms with Crippen molar-refractivity contribution in [3.8, 4) is 0 Å². The maximum absolute atomic E-state index is 6.00. The molecule has 1 rings (SSSR count). The molecule has 0 heterocycles. The molecule has 0 atom stereocenters. The van der Waals surface area contributed by atoms with Gasteiger partial charge < -0.3 is 5.73 Å². The number of hydrogen-bond acceptors (Lipinski definition) is 1. The van der Waals surface area contributed by atoms with E-state index < -0.39 is 0 Å². The van der Waals surface area contributed by atoms with Gasteiger partial charge in [0.1, 0.15) is 1.55 Å². The van der Waals surface area contributed by atoms with Crippen molar-refractivity contribution in [3.63, 3.8) is 0 Å². The van der Waals surface area contributed by atoms with Gasteiger partial charge >= 0.3 is 0 Å². The number of halogens is 2. The molecule has 0 unspecified atom stereocenters. The lowest BCUT2D eigenvalue weighted by Crippen LogP contribution is -2.20. The Labute approximate surface area is 112 Å². The summed E-state index contributed by atoms with van der Waals surface area (Å²) in [5, 5.41) is 0. The minimum absolute atomic E-state index is 0.311. The average Bonchev–Trinajstić information content (AvgIpc) is 2.07. The molecule has 0 radical (unpaired) electrons. The first kappa shape index (κ1) is 12.4. The Bertz CT molecular complexity index is 351. The summed E-state index contributed by atoms with van der Waals surface area (Å²) in [5.74, 6) is 0. The van der Waals surface area contributed by atoms with E-state index in [2.05, 4.69) is 76.4 Å². The molecule has 0 saturated carbocycles. The zero-order chi connectivity index (χ0) is 10.8. The molecular weight excluding hydrogens is 400 g/mol. The third-order valence-electron chi connectivity index (χ3n) is 2.00. The predicted octanol–water partition coefficient (Wildman–Crippen LogP) is 3.97. The summed E-state index contributed by atoms with van der Waals surface area (Å²) < 4.78 is -0.311. The van der Waals surface area contributed by atoms with Gasteiger partial charge in [-0.3, -0.25) is 0 Å². The van der Waals surface area contributed by atoms with Gasteiger partial charge in [0.2, 0.25) is 0 Å². The van der Waals surface area contributed by atoms with Crippen LogP contribution in [0.5, 0.6) is 0 Å². The van der Waals surface area contributed by atoms with Gasteiger partial charge in [0.15, 0.2) is 0 Å². The monoisotopic (exact) mass is 413 g/mol. The summed E-state index contributed by atoms with van der Waals surface area (Å²) in [4.78, 5) is 0. The molecule has 0 spiro atoms. The fourth-order valence-electron chi connectivity index (χ4n) is 1.25. The van der Waals surface area contributed by atoms with Gasteiger partial charge in [-0.05, 0) is 75.7 Å². The molecule has 1 aromatic rings. The van der Waals surface area contributed by atoms with Crippen molar-refractivity contribution in [3.05, 3.63) is 41.0 Å². The molecule has 14 heavy (non-hydrogen) atoms. The summed E-state index contributed by atoms with van der Waals surface area (Å²) in [6, 6.07) is 6.35. The Kier molecular flexibility index (Phi) is 4.39. The zero-order valence-corrected chi connectivity index (χ0v) is 12.5. The van der Waals surface area contributed by atoms with Gasteiger partial charge in [0.05, 0.1) is 0 Å². The van der Waals surface area contributed by atoms with Gasteiger partial charge in [-0.1, -0.05) is 30.4 Å². The van der Waals surface area contributed by atoms with E-state index in [-0.39, 0.29) is 1.55 Å². The third kappa shape index (κ3) is 3.20. The minimum Gasteiger partial charge on any atom is -0.305 e. The van der Waals surface area contributed by atoms with Gasteiger partial charge in [0.25, 0.3) is 0 Å². The van der Waals surface area contributed by atoms with Crippen LogP contribution >= 0.6 is 45.2 Å². The van der Waals surface area contributed by atoms with Gasteiger partial charge in [0, 0.05) is 0 Å². The molecule has 3 heteroatoms. The van der Waals surface area contributed by atoms with E-state index in [0.29, 0.717) is 0 Å². The highest BCUT2D eigenvalue weighted by Crippen LogP contribution is 2.34. The largest absolute Gasteiger partial charge is 0.305 e. The Morgan fingerprint density at radius 3 is 2.43 bits per heavy atom. The third-order valence-corrected chi connectivity index (χ3v) is 3.25. The van der Waals surface area contributed by atoms with Crippen LogP contribution in [-0.2, 0) is 1.55 Å². The van der Waals surface area contributed by atoms with Crippen LogP contribution in [0.2, 0.25) is 0 Å². The fourth-order valence-corrected chi connectivity index (χ4v) is 1.92. The molecule has 0 saturated heterocycles. The van der Waals surface area contributed by atoms with Crippen LogP contribution in [0.3, 0.4) is 0 Å². The second-order valence-corrected chi connectivity index (χ2v) is 8.66. The minimum atomic E-state index is -0.311. The van der Waals surface area contributed by atoms with Crippen LogP contribution in [0.4, 0.5) is 0 Å². The molecular formula is C11H13I2N. The summed E-state index contributed by atoms with van der Waals surface area (Å²) in [5.41, 5.74) is 9.69. The second kappa shape index (κ2) is 4.94. The second-order valence-electron chi connectivity index (χ2n) is 3.19. The maximum atomic E-state index is 6.00. The lowest BCUT2D eigenvalue weighted by atomic mass is 10.0. The smallest absolute Gasteiger partial charge is 0.145 e. The van der Waals surface area contributed by atoms with E-state index in [1.54, 1.807) is 0 Å². The number of alkyl halides is 2. The van der Waals surface area contributed by atoms with E-state index in [1.807, 2.05) is 13.0 Å². The Balaban J connectivity index is 3.13. The Morgan fingerprint density at radius 1 is 1.36 bits per heavy atom. The molecule has 0 aromatic heterocycles. The highest BCUT2D eigenvalue weighted by atomic mass is 127. The topological polar surface area (TPSA) is 26.0 Å². The molecule has 0 aliphatic rings. The van der Waals surface area contributed by atoms with Crippen molar-refractivity contribution in [2.24, 2.45) is 5.73 Å². The maximum Gasteiger partial charge on any atom is 0.145 e. The Morgan fingerprint density at radius 2 is 2.00 bits per heavy atom. The Hall–Kier alpha value is 0.380. The standard InChI is InChI=1S/C11H13I2N/c1-3-4-9-5-6-10(7-8(9)2)11(12,13)14/h3-7H,14H2,1-2H3/b4-3-. The number of allylic oxidation sites excluding steroid dienone is 1. The molecule has 0 aliphatic carbocycles. The molecule has 0 aliphatic heterocycles. The van der Waals surface area contributed by atoms with E-state index in [1.165, 1.54) is 11.1 Å². The van der Waals surface area contributed by atoms with E-state index in [0.717, 1.165) is 5.56 Å². The van der Waals surface area contributed by atoms with Crippen molar-refractivity contribution < 1.29 is 0 Å². The van der Waals surface area contributed by atoms with Crippen LogP contribution in [0.25, 0.3) is 6.08 Å². The first-order valence-electron chi connectivity index (χ1n) is 4.35. The molecule has 1 aromatic carbocycles. The number of rotatable bonds is 2. The number of nitrogens with two attached hydrogens (primary N) is 1. The summed E-state index contributed by atoms with van der Waals surface area (Å²) in [6.45, 7) is 4.13. The molecule has 76 valence electrons. The van der Waals surface area contributed by atoms with Crippen molar-refractivity contribution in [1.82, 2.24) is 0 Å². The summed E-state index contributed by atoms with van der Waals surface area (Å²) >= 11 is 4.48. The van der Waals surface area contributed by atoms with Crippen molar-refractivity contribution in [2.75, 3.05) is 0 Å². The predicted molar refractivity (Wildman–Crippen MR) is 79.8 cm³/mol. The normalized spacial score (nSPS) is 12.4. The summed E-state index contributed by atoms with van der Waals surface area (Å²) in [6.07, 6.45) is 4.16. The van der Waals surface area contributed by atoms with Crippen molar-refractivity contribution in [2.45, 2.75) is 15.4 Å². The molecule has 1 nitrogen and oxygen atoms in total. The molecule has 0 amide bonds. The van der Waals surface area contributed by atoms with Gasteiger partial charge in [-0.2, -0.15) is 0 Å². The summed E-state index contributed by atoms with van der Waals surface area (Å²) in [7, 11) is 0. The van der Waals surface area contributed by atoms with Crippen LogP contribution < -0.4 is 5.73 Å². The number of aryl methyl sites for hydroxylation is 1. The molecule has 0 bridgehead atoms. The number of hydrogen-bond donors (Lipinski definition) is 1. The first-order chi connectivity index (χ1) is 6.45. The lowest BCUT2D eigenvalue weighted by molar-refractivity contribution is 1.04. The highest BCUT2D eigenvalue weighted by molar-refractivity contribution is 14.2.